The monoisotopic (exact) mass is 491 g/mol. The molecule has 0 atom stereocenters. The van der Waals surface area contributed by atoms with Crippen molar-refractivity contribution in [2.24, 2.45) is 0 Å². The van der Waals surface area contributed by atoms with E-state index in [4.69, 9.17) is 28.6 Å². The first-order valence-corrected chi connectivity index (χ1v) is 11.1. The molecule has 0 fully saturated rings. The predicted molar refractivity (Wildman–Crippen MR) is 131 cm³/mol. The summed E-state index contributed by atoms with van der Waals surface area (Å²) >= 11 is 12.8. The van der Waals surface area contributed by atoms with Crippen LogP contribution in [0.15, 0.2) is 36.5 Å². The lowest BCUT2D eigenvalue weighted by Gasteiger charge is -2.09. The summed E-state index contributed by atoms with van der Waals surface area (Å²) in [4.78, 5) is 26.7. The van der Waals surface area contributed by atoms with Crippen molar-refractivity contribution < 1.29 is 14.3 Å². The Hall–Kier alpha value is -2.95. The molecule has 2 aromatic heterocycles. The largest absolute Gasteiger partial charge is 0.465 e. The van der Waals surface area contributed by atoms with Crippen LogP contribution in [0.2, 0.25) is 5.02 Å². The summed E-state index contributed by atoms with van der Waals surface area (Å²) in [5.41, 5.74) is 1.75. The Bertz CT molecular complexity index is 1170. The summed E-state index contributed by atoms with van der Waals surface area (Å²) in [5.74, 6) is -0.235. The van der Waals surface area contributed by atoms with Crippen molar-refractivity contribution in [1.29, 1.82) is 0 Å². The minimum Gasteiger partial charge on any atom is -0.465 e. The summed E-state index contributed by atoms with van der Waals surface area (Å²) in [7, 11) is 4.59. The van der Waals surface area contributed by atoms with E-state index in [0.717, 1.165) is 16.9 Å². The van der Waals surface area contributed by atoms with E-state index in [1.165, 1.54) is 12.0 Å². The number of hydrogen-bond acceptors (Lipinski definition) is 6. The number of carbonyl (C=O) groups is 2. The summed E-state index contributed by atoms with van der Waals surface area (Å²) < 4.78 is 6.62. The van der Waals surface area contributed by atoms with Gasteiger partial charge in [0.2, 0.25) is 0 Å². The van der Waals surface area contributed by atoms with E-state index >= 15 is 0 Å². The molecule has 8 nitrogen and oxygen atoms in total. The number of methoxy groups -OCH3 is 1. The first-order valence-electron chi connectivity index (χ1n) is 9.49. The highest BCUT2D eigenvalue weighted by Gasteiger charge is 2.26. The minimum absolute atomic E-state index is 0.206. The molecule has 2 N–H and O–H groups in total. The van der Waals surface area contributed by atoms with E-state index in [1.807, 2.05) is 24.3 Å². The number of aromatic nitrogens is 2. The van der Waals surface area contributed by atoms with Crippen LogP contribution in [0.1, 0.15) is 31.2 Å². The highest BCUT2D eigenvalue weighted by atomic mass is 35.5. The number of thiocarbonyl (C=S) groups is 1. The molecule has 11 heteroatoms. The Balaban J connectivity index is 1.75. The number of benzene rings is 1. The number of rotatable bonds is 6. The molecule has 2 heterocycles. The van der Waals surface area contributed by atoms with E-state index in [1.54, 1.807) is 38.0 Å². The fourth-order valence-electron chi connectivity index (χ4n) is 2.92. The van der Waals surface area contributed by atoms with Crippen LogP contribution in [0.4, 0.5) is 10.8 Å². The Labute approximate surface area is 200 Å². The van der Waals surface area contributed by atoms with Gasteiger partial charge in [0, 0.05) is 31.4 Å². The lowest BCUT2D eigenvalue weighted by atomic mass is 10.1. The first kappa shape index (κ1) is 23.7. The van der Waals surface area contributed by atoms with Gasteiger partial charge < -0.3 is 20.3 Å². The molecule has 0 aliphatic rings. The van der Waals surface area contributed by atoms with Crippen molar-refractivity contribution in [2.75, 3.05) is 31.8 Å². The molecule has 3 aromatic rings. The van der Waals surface area contributed by atoms with Gasteiger partial charge in [0.05, 0.1) is 24.1 Å². The minimum atomic E-state index is -0.550. The summed E-state index contributed by atoms with van der Waals surface area (Å²) in [5, 5.41) is 11.7. The van der Waals surface area contributed by atoms with Crippen LogP contribution in [-0.2, 0) is 11.3 Å². The quantitative estimate of drug-likeness (QED) is 0.393. The van der Waals surface area contributed by atoms with Crippen molar-refractivity contribution in [2.45, 2.75) is 13.5 Å². The molecular weight excluding hydrogens is 470 g/mol. The van der Waals surface area contributed by atoms with Crippen LogP contribution in [0.25, 0.3) is 0 Å². The molecule has 1 aromatic carbocycles. The number of anilines is 2. The Morgan fingerprint density at radius 2 is 1.97 bits per heavy atom. The second-order valence-electron chi connectivity index (χ2n) is 7.02. The molecule has 0 saturated heterocycles. The van der Waals surface area contributed by atoms with Crippen LogP contribution in [0.5, 0.6) is 0 Å². The second kappa shape index (κ2) is 10.1. The number of amides is 1. The maximum atomic E-state index is 12.5. The third-order valence-electron chi connectivity index (χ3n) is 4.54. The first-order chi connectivity index (χ1) is 15.2. The topological polar surface area (TPSA) is 88.5 Å². The normalized spacial score (nSPS) is 10.5. The molecule has 0 radical (unpaired) electrons. The number of hydrogen-bond donors (Lipinski definition) is 2. The molecule has 32 heavy (non-hydrogen) atoms. The van der Waals surface area contributed by atoms with Gasteiger partial charge >= 0.3 is 5.97 Å². The van der Waals surface area contributed by atoms with Crippen LogP contribution in [0.3, 0.4) is 0 Å². The van der Waals surface area contributed by atoms with Gasteiger partial charge in [0.25, 0.3) is 5.91 Å². The van der Waals surface area contributed by atoms with Crippen LogP contribution < -0.4 is 10.6 Å². The standard InChI is InChI=1S/C21H22ClN5O3S2/c1-12-16(20(29)30-4)18(32-17(12)19(28)26(2)3)24-21(31)23-15-9-10-27(25-15)11-13-7-5-6-8-14(13)22/h5-10H,11H2,1-4H3,(H2,23,24,25,31). The van der Waals surface area contributed by atoms with Gasteiger partial charge in [0.1, 0.15) is 5.00 Å². The number of nitrogens with one attached hydrogen (secondary N) is 2. The predicted octanol–water partition coefficient (Wildman–Crippen LogP) is 4.25. The molecule has 0 unspecified atom stereocenters. The van der Waals surface area contributed by atoms with Crippen molar-refractivity contribution >= 4 is 63.0 Å². The van der Waals surface area contributed by atoms with Crippen molar-refractivity contribution in [3.05, 3.63) is 63.1 Å². The molecule has 3 rings (SSSR count). The molecule has 1 amide bonds. The lowest BCUT2D eigenvalue weighted by molar-refractivity contribution is 0.0601. The number of thiophene rings is 1. The van der Waals surface area contributed by atoms with Gasteiger partial charge in [-0.3, -0.25) is 9.48 Å². The Kier molecular flexibility index (Phi) is 7.49. The maximum Gasteiger partial charge on any atom is 0.341 e. The Morgan fingerprint density at radius 1 is 1.25 bits per heavy atom. The van der Waals surface area contributed by atoms with E-state index in [2.05, 4.69) is 15.7 Å². The van der Waals surface area contributed by atoms with Crippen molar-refractivity contribution in [3.63, 3.8) is 0 Å². The number of halogens is 1. The van der Waals surface area contributed by atoms with E-state index in [-0.39, 0.29) is 16.6 Å². The molecule has 0 bridgehead atoms. The molecule has 0 spiro atoms. The van der Waals surface area contributed by atoms with Gasteiger partial charge in [-0.25, -0.2) is 4.79 Å². The number of ether oxygens (including phenoxy) is 1. The maximum absolute atomic E-state index is 12.5. The Morgan fingerprint density at radius 3 is 2.62 bits per heavy atom. The van der Waals surface area contributed by atoms with Gasteiger partial charge in [-0.2, -0.15) is 5.10 Å². The zero-order valence-corrected chi connectivity index (χ0v) is 20.3. The summed E-state index contributed by atoms with van der Waals surface area (Å²) in [6.07, 6.45) is 1.80. The van der Waals surface area contributed by atoms with Gasteiger partial charge in [0.15, 0.2) is 10.9 Å². The fraction of sp³-hybridized carbons (Fsp3) is 0.238. The molecule has 168 valence electrons. The smallest absolute Gasteiger partial charge is 0.341 e. The van der Waals surface area contributed by atoms with Crippen molar-refractivity contribution in [3.8, 4) is 0 Å². The SMILES string of the molecule is COC(=O)c1c(NC(=S)Nc2ccn(Cc3ccccc3Cl)n2)sc(C(=O)N(C)C)c1C. The summed E-state index contributed by atoms with van der Waals surface area (Å²) in [6, 6.07) is 9.32. The molecule has 0 aliphatic heterocycles. The third kappa shape index (κ3) is 5.26. The lowest BCUT2D eigenvalue weighted by Crippen LogP contribution is -2.21. The zero-order valence-electron chi connectivity index (χ0n) is 17.9. The molecular formula is C21H22ClN5O3S2. The van der Waals surface area contributed by atoms with E-state index in [0.29, 0.717) is 32.8 Å². The fourth-order valence-corrected chi connectivity index (χ4v) is 4.61. The zero-order chi connectivity index (χ0) is 23.4. The molecule has 0 saturated carbocycles. The van der Waals surface area contributed by atoms with E-state index in [9.17, 15) is 9.59 Å². The highest BCUT2D eigenvalue weighted by Crippen LogP contribution is 2.34. The van der Waals surface area contributed by atoms with Gasteiger partial charge in [-0.05, 0) is 36.3 Å². The van der Waals surface area contributed by atoms with Gasteiger partial charge in [-0.15, -0.1) is 11.3 Å². The number of carbonyl (C=O) groups excluding carboxylic acids is 2. The van der Waals surface area contributed by atoms with Crippen LogP contribution >= 0.6 is 35.2 Å². The average molecular weight is 492 g/mol. The third-order valence-corrected chi connectivity index (χ3v) is 6.30. The summed E-state index contributed by atoms with van der Waals surface area (Å²) in [6.45, 7) is 2.21. The highest BCUT2D eigenvalue weighted by molar-refractivity contribution is 7.80. The van der Waals surface area contributed by atoms with Crippen LogP contribution in [0, 0.1) is 6.92 Å². The number of esters is 1. The second-order valence-corrected chi connectivity index (χ2v) is 8.86. The number of nitrogens with zero attached hydrogens (tertiary/aromatic N) is 3. The van der Waals surface area contributed by atoms with Gasteiger partial charge in [-0.1, -0.05) is 29.8 Å². The van der Waals surface area contributed by atoms with E-state index < -0.39 is 5.97 Å². The van der Waals surface area contributed by atoms with Crippen LogP contribution in [-0.4, -0.2) is 52.9 Å². The van der Waals surface area contributed by atoms with Crippen molar-refractivity contribution in [1.82, 2.24) is 14.7 Å². The molecule has 0 aliphatic carbocycles. The average Bonchev–Trinajstić information content (AvgIpc) is 3.32.